The molecule has 1 aliphatic carbocycles. The second kappa shape index (κ2) is 7.13. The Morgan fingerprint density at radius 1 is 1.10 bits per heavy atom. The Bertz CT molecular complexity index is 1190. The largest absolute Gasteiger partial charge is 0.360 e. The van der Waals surface area contributed by atoms with Gasteiger partial charge in [-0.1, -0.05) is 24.3 Å². The summed E-state index contributed by atoms with van der Waals surface area (Å²) < 4.78 is 49.5. The van der Waals surface area contributed by atoms with E-state index in [4.69, 9.17) is 0 Å². The first-order chi connectivity index (χ1) is 13.9. The molecule has 0 amide bonds. The molecule has 1 fully saturated rings. The van der Waals surface area contributed by atoms with Crippen molar-refractivity contribution in [2.45, 2.75) is 23.8 Å². The fraction of sp³-hybridized carbons (Fsp3) is 0.250. The summed E-state index contributed by atoms with van der Waals surface area (Å²) in [5.41, 5.74) is -1.21. The molecule has 0 aliphatic heterocycles. The second-order valence-corrected chi connectivity index (χ2v) is 11.7. The number of anilines is 1. The van der Waals surface area contributed by atoms with E-state index in [2.05, 4.69) is 15.3 Å². The molecule has 0 spiro atoms. The molecule has 2 heterocycles. The number of nitrogens with zero attached hydrogens (tertiary/aromatic N) is 2. The smallest absolute Gasteiger partial charge is 0.346 e. The zero-order valence-corrected chi connectivity index (χ0v) is 17.5. The van der Waals surface area contributed by atoms with Crippen molar-refractivity contribution in [1.82, 2.24) is 9.97 Å². The van der Waals surface area contributed by atoms with Gasteiger partial charge in [0.15, 0.2) is 0 Å². The maximum Gasteiger partial charge on any atom is 0.360 e. The van der Waals surface area contributed by atoms with Gasteiger partial charge < -0.3 is 24.9 Å². The molecule has 5 N–H and O–H groups in total. The van der Waals surface area contributed by atoms with Crippen LogP contribution in [0.2, 0.25) is 0 Å². The Labute approximate surface area is 172 Å². The molecule has 9 nitrogen and oxygen atoms in total. The highest BCUT2D eigenvalue weighted by Crippen LogP contribution is 2.60. The van der Waals surface area contributed by atoms with Gasteiger partial charge in [-0.05, 0) is 17.2 Å². The molecule has 0 saturated heterocycles. The molecule has 3 aromatic rings. The first-order valence-corrected chi connectivity index (χ1v) is 12.6. The lowest BCUT2D eigenvalue weighted by molar-refractivity contribution is 0.112. The second-order valence-electron chi connectivity index (χ2n) is 6.89. The predicted octanol–water partition coefficient (Wildman–Crippen LogP) is 3.53. The normalized spacial score (nSPS) is 18.7. The van der Waals surface area contributed by atoms with Crippen LogP contribution in [0.4, 0.5) is 14.6 Å². The summed E-state index contributed by atoms with van der Waals surface area (Å²) in [6.45, 7) is 0. The van der Waals surface area contributed by atoms with Gasteiger partial charge in [0, 0.05) is 11.3 Å². The van der Waals surface area contributed by atoms with Crippen LogP contribution in [0.15, 0.2) is 36.7 Å². The van der Waals surface area contributed by atoms with Gasteiger partial charge in [-0.25, -0.2) is 18.7 Å². The monoisotopic (exact) mass is 477 g/mol. The van der Waals surface area contributed by atoms with Crippen LogP contribution in [-0.4, -0.2) is 41.0 Å². The van der Waals surface area contributed by atoms with Crippen molar-refractivity contribution in [3.8, 4) is 10.4 Å². The van der Waals surface area contributed by atoms with Crippen LogP contribution in [0.25, 0.3) is 20.7 Å². The van der Waals surface area contributed by atoms with E-state index in [1.54, 1.807) is 30.3 Å². The number of hydrogen-bond acceptors (Lipinski definition) is 6. The van der Waals surface area contributed by atoms with Gasteiger partial charge in [0.25, 0.3) is 5.92 Å². The fourth-order valence-corrected chi connectivity index (χ4v) is 6.21. The molecule has 4 rings (SSSR count). The summed E-state index contributed by atoms with van der Waals surface area (Å²) in [5.74, 6) is -3.58. The van der Waals surface area contributed by atoms with E-state index in [0.29, 0.717) is 26.2 Å². The lowest BCUT2D eigenvalue weighted by Gasteiger charge is -2.21. The molecule has 14 heteroatoms. The molecule has 160 valence electrons. The first kappa shape index (κ1) is 21.5. The van der Waals surface area contributed by atoms with Crippen LogP contribution in [0.1, 0.15) is 17.9 Å². The van der Waals surface area contributed by atoms with Crippen molar-refractivity contribution < 1.29 is 37.5 Å². The topological polar surface area (TPSA) is 153 Å². The van der Waals surface area contributed by atoms with Gasteiger partial charge in [-0.2, -0.15) is 0 Å². The first-order valence-electron chi connectivity index (χ1n) is 8.46. The molecule has 1 aromatic carbocycles. The van der Waals surface area contributed by atoms with Gasteiger partial charge in [0.1, 0.15) is 17.0 Å². The average Bonchev–Trinajstić information content (AvgIpc) is 3.07. The highest BCUT2D eigenvalue weighted by atomic mass is 32.1. The van der Waals surface area contributed by atoms with E-state index in [1.807, 2.05) is 0 Å². The van der Waals surface area contributed by atoms with Gasteiger partial charge in [0.05, 0.1) is 11.3 Å². The Hall–Kier alpha value is -1.78. The number of halogens is 2. The van der Waals surface area contributed by atoms with Crippen molar-refractivity contribution in [2.24, 2.45) is 0 Å². The Morgan fingerprint density at radius 3 is 2.23 bits per heavy atom. The minimum absolute atomic E-state index is 0.145. The SMILES string of the molecule is O=P(O)(O)C(Nc1ncnc2sc(-c3ccc([C@@H]4CC4(F)F)cc3)cc12)P(=O)(O)O. The van der Waals surface area contributed by atoms with Gasteiger partial charge >= 0.3 is 15.2 Å². The third-order valence-electron chi connectivity index (χ3n) is 4.66. The standard InChI is InChI=1S/C16H15F2N3O6P2S/c17-16(18)6-11(16)8-1-3-9(4-2-8)12-5-10-13(19-7-20-14(10)30-12)21-15(28(22,23)24)29(25,26)27/h1-5,7,11,15H,6H2,(H,19,20,21)(H2,22,23,24)(H2,25,26,27)/t11-/m0/s1. The highest BCUT2D eigenvalue weighted by Gasteiger charge is 2.57. The third-order valence-corrected chi connectivity index (χ3v) is 9.09. The molecule has 0 unspecified atom stereocenters. The molecule has 30 heavy (non-hydrogen) atoms. The van der Waals surface area contributed by atoms with Gasteiger partial charge in [0.2, 0.25) is 5.52 Å². The lowest BCUT2D eigenvalue weighted by Crippen LogP contribution is -2.20. The van der Waals surface area contributed by atoms with Crippen LogP contribution < -0.4 is 5.32 Å². The van der Waals surface area contributed by atoms with Crippen LogP contribution in [0.5, 0.6) is 0 Å². The number of alkyl halides is 2. The van der Waals surface area contributed by atoms with E-state index in [-0.39, 0.29) is 12.2 Å². The van der Waals surface area contributed by atoms with E-state index in [9.17, 15) is 37.5 Å². The molecule has 2 aromatic heterocycles. The third kappa shape index (κ3) is 4.17. The summed E-state index contributed by atoms with van der Waals surface area (Å²) in [4.78, 5) is 46.2. The number of thiophene rings is 1. The number of rotatable bonds is 6. The summed E-state index contributed by atoms with van der Waals surface area (Å²) in [5, 5.41) is 2.46. The number of nitrogens with one attached hydrogen (secondary N) is 1. The molecule has 1 atom stereocenters. The molecule has 1 saturated carbocycles. The number of aromatic nitrogens is 2. The number of benzene rings is 1. The molecule has 0 bridgehead atoms. The summed E-state index contributed by atoms with van der Waals surface area (Å²) >= 11 is 1.21. The number of hydrogen-bond donors (Lipinski definition) is 5. The Balaban J connectivity index is 1.67. The molecular weight excluding hydrogens is 462 g/mol. The van der Waals surface area contributed by atoms with Crippen molar-refractivity contribution in [3.05, 3.63) is 42.2 Å². The van der Waals surface area contributed by atoms with Crippen molar-refractivity contribution in [1.29, 1.82) is 0 Å². The van der Waals surface area contributed by atoms with Crippen molar-refractivity contribution in [3.63, 3.8) is 0 Å². The fourth-order valence-electron chi connectivity index (χ4n) is 3.05. The van der Waals surface area contributed by atoms with E-state index >= 15 is 0 Å². The molecular formula is C16H15F2N3O6P2S. The molecule has 0 radical (unpaired) electrons. The van der Waals surface area contributed by atoms with Crippen LogP contribution in [0.3, 0.4) is 0 Å². The average molecular weight is 477 g/mol. The van der Waals surface area contributed by atoms with Crippen molar-refractivity contribution >= 4 is 42.6 Å². The maximum absolute atomic E-state index is 13.2. The zero-order valence-electron chi connectivity index (χ0n) is 14.9. The highest BCUT2D eigenvalue weighted by molar-refractivity contribution is 7.71. The van der Waals surface area contributed by atoms with Gasteiger partial charge in [-0.15, -0.1) is 11.3 Å². The predicted molar refractivity (Wildman–Crippen MR) is 107 cm³/mol. The summed E-state index contributed by atoms with van der Waals surface area (Å²) in [6.07, 6.45) is 0.930. The van der Waals surface area contributed by atoms with E-state index in [0.717, 1.165) is 6.33 Å². The number of fused-ring (bicyclic) bond motifs is 1. The van der Waals surface area contributed by atoms with Crippen LogP contribution in [0, 0.1) is 0 Å². The van der Waals surface area contributed by atoms with Crippen LogP contribution >= 0.6 is 26.5 Å². The Morgan fingerprint density at radius 2 is 1.70 bits per heavy atom. The van der Waals surface area contributed by atoms with Gasteiger partial charge in [-0.3, -0.25) is 9.13 Å². The molecule has 1 aliphatic rings. The van der Waals surface area contributed by atoms with E-state index < -0.39 is 32.6 Å². The Kier molecular flexibility index (Phi) is 5.10. The maximum atomic E-state index is 13.2. The summed E-state index contributed by atoms with van der Waals surface area (Å²) in [6, 6.07) is 8.20. The minimum atomic E-state index is -5.20. The lowest BCUT2D eigenvalue weighted by atomic mass is 10.1. The van der Waals surface area contributed by atoms with Crippen LogP contribution in [-0.2, 0) is 9.13 Å². The van der Waals surface area contributed by atoms with Crippen molar-refractivity contribution in [2.75, 3.05) is 5.32 Å². The minimum Gasteiger partial charge on any atom is -0.346 e. The zero-order chi connectivity index (χ0) is 21.9. The quantitative estimate of drug-likeness (QED) is 0.336. The van der Waals surface area contributed by atoms with E-state index in [1.165, 1.54) is 11.3 Å². The summed E-state index contributed by atoms with van der Waals surface area (Å²) in [7, 11) is -10.4.